The summed E-state index contributed by atoms with van der Waals surface area (Å²) in [6, 6.07) is 17.5. The zero-order chi connectivity index (χ0) is 13.8. The molecule has 2 unspecified atom stereocenters. The zero-order valence-electron chi connectivity index (χ0n) is 11.2. The Kier molecular flexibility index (Phi) is 4.00. The Morgan fingerprint density at radius 3 is 2.05 bits per heavy atom. The van der Waals surface area contributed by atoms with Gasteiger partial charge in [0.1, 0.15) is 0 Å². The molecule has 0 saturated carbocycles. The van der Waals surface area contributed by atoms with Crippen molar-refractivity contribution < 1.29 is 9.90 Å². The molecule has 19 heavy (non-hydrogen) atoms. The van der Waals surface area contributed by atoms with Gasteiger partial charge in [-0.1, -0.05) is 67.1 Å². The first-order valence-corrected chi connectivity index (χ1v) is 6.44. The zero-order valence-corrected chi connectivity index (χ0v) is 11.2. The number of aliphatic carboxylic acids is 1. The maximum atomic E-state index is 11.6. The fourth-order valence-corrected chi connectivity index (χ4v) is 2.37. The van der Waals surface area contributed by atoms with Crippen LogP contribution in [0.25, 0.3) is 0 Å². The number of carboxylic acid groups (broad SMARTS) is 1. The molecular weight excluding hydrogens is 236 g/mol. The maximum Gasteiger partial charge on any atom is 0.311 e. The molecule has 98 valence electrons. The molecule has 0 aromatic heterocycles. The molecule has 0 fully saturated rings. The lowest BCUT2D eigenvalue weighted by Gasteiger charge is -2.21. The molecule has 2 aromatic carbocycles. The predicted octanol–water partition coefficient (Wildman–Crippen LogP) is 3.97. The van der Waals surface area contributed by atoms with Gasteiger partial charge in [-0.2, -0.15) is 0 Å². The van der Waals surface area contributed by atoms with Crippen LogP contribution in [0.3, 0.4) is 0 Å². The lowest BCUT2D eigenvalue weighted by atomic mass is 9.82. The van der Waals surface area contributed by atoms with E-state index < -0.39 is 11.9 Å². The van der Waals surface area contributed by atoms with Gasteiger partial charge in [-0.15, -0.1) is 0 Å². The Bertz CT molecular complexity index is 543. The van der Waals surface area contributed by atoms with Gasteiger partial charge < -0.3 is 5.11 Å². The molecule has 0 aliphatic carbocycles. The Morgan fingerprint density at radius 1 is 0.947 bits per heavy atom. The number of carboxylic acids is 1. The average molecular weight is 254 g/mol. The number of hydrogen-bond acceptors (Lipinski definition) is 1. The van der Waals surface area contributed by atoms with E-state index in [1.807, 2.05) is 68.4 Å². The molecule has 2 aromatic rings. The van der Waals surface area contributed by atoms with E-state index in [0.29, 0.717) is 0 Å². The summed E-state index contributed by atoms with van der Waals surface area (Å²) in [6.07, 6.45) is 0. The molecule has 0 saturated heterocycles. The quantitative estimate of drug-likeness (QED) is 0.896. The molecule has 2 heteroatoms. The van der Waals surface area contributed by atoms with Crippen LogP contribution in [-0.4, -0.2) is 11.1 Å². The molecule has 0 aliphatic heterocycles. The van der Waals surface area contributed by atoms with Crippen LogP contribution >= 0.6 is 0 Å². The van der Waals surface area contributed by atoms with Crippen molar-refractivity contribution in [1.29, 1.82) is 0 Å². The third kappa shape index (κ3) is 3.02. The van der Waals surface area contributed by atoms with Gasteiger partial charge in [-0.25, -0.2) is 0 Å². The minimum absolute atomic E-state index is 0.0543. The van der Waals surface area contributed by atoms with Gasteiger partial charge in [0.05, 0.1) is 5.92 Å². The summed E-state index contributed by atoms with van der Waals surface area (Å²) in [5, 5.41) is 9.53. The van der Waals surface area contributed by atoms with Crippen LogP contribution in [0.5, 0.6) is 0 Å². The second-order valence-corrected chi connectivity index (χ2v) is 4.93. The standard InChI is InChI=1S/C17H18O2/c1-12-8-10-15(11-9-12)16(17(18)19)13(2)14-6-4-3-5-7-14/h3-11,13,16H,1-2H3,(H,18,19). The SMILES string of the molecule is Cc1ccc(C(C(=O)O)C(C)c2ccccc2)cc1. The van der Waals surface area contributed by atoms with Crippen LogP contribution < -0.4 is 0 Å². The van der Waals surface area contributed by atoms with Crippen LogP contribution in [-0.2, 0) is 4.79 Å². The van der Waals surface area contributed by atoms with Crippen molar-refractivity contribution >= 4 is 5.97 Å². The average Bonchev–Trinajstić information content (AvgIpc) is 2.42. The molecule has 2 nitrogen and oxygen atoms in total. The van der Waals surface area contributed by atoms with Crippen LogP contribution in [0.4, 0.5) is 0 Å². The van der Waals surface area contributed by atoms with E-state index in [-0.39, 0.29) is 5.92 Å². The largest absolute Gasteiger partial charge is 0.481 e. The molecule has 0 bridgehead atoms. The molecule has 2 rings (SSSR count). The van der Waals surface area contributed by atoms with Crippen molar-refractivity contribution in [2.24, 2.45) is 0 Å². The van der Waals surface area contributed by atoms with Crippen LogP contribution in [0.15, 0.2) is 54.6 Å². The monoisotopic (exact) mass is 254 g/mol. The number of rotatable bonds is 4. The number of hydrogen-bond donors (Lipinski definition) is 1. The van der Waals surface area contributed by atoms with Crippen molar-refractivity contribution in [2.75, 3.05) is 0 Å². The van der Waals surface area contributed by atoms with Gasteiger partial charge >= 0.3 is 5.97 Å². The predicted molar refractivity (Wildman–Crippen MR) is 76.4 cm³/mol. The highest BCUT2D eigenvalue weighted by molar-refractivity contribution is 5.77. The molecule has 1 N–H and O–H groups in total. The third-order valence-electron chi connectivity index (χ3n) is 3.53. The van der Waals surface area contributed by atoms with Crippen molar-refractivity contribution in [3.8, 4) is 0 Å². The molecule has 0 radical (unpaired) electrons. The van der Waals surface area contributed by atoms with Crippen molar-refractivity contribution in [1.82, 2.24) is 0 Å². The molecule has 0 heterocycles. The maximum absolute atomic E-state index is 11.6. The summed E-state index contributed by atoms with van der Waals surface area (Å²) in [4.78, 5) is 11.6. The van der Waals surface area contributed by atoms with Gasteiger partial charge in [0.15, 0.2) is 0 Å². The molecule has 0 amide bonds. The van der Waals surface area contributed by atoms with Crippen LogP contribution in [0, 0.1) is 6.92 Å². The number of benzene rings is 2. The third-order valence-corrected chi connectivity index (χ3v) is 3.53. The van der Waals surface area contributed by atoms with E-state index >= 15 is 0 Å². The summed E-state index contributed by atoms with van der Waals surface area (Å²) in [5.41, 5.74) is 3.05. The van der Waals surface area contributed by atoms with E-state index in [2.05, 4.69) is 0 Å². The number of carbonyl (C=O) groups is 1. The van der Waals surface area contributed by atoms with Crippen LogP contribution in [0.1, 0.15) is 35.4 Å². The Labute approximate surface area is 113 Å². The summed E-state index contributed by atoms with van der Waals surface area (Å²) >= 11 is 0. The topological polar surface area (TPSA) is 37.3 Å². The highest BCUT2D eigenvalue weighted by Crippen LogP contribution is 2.32. The lowest BCUT2D eigenvalue weighted by molar-refractivity contribution is -0.139. The first kappa shape index (κ1) is 13.3. The van der Waals surface area contributed by atoms with Gasteiger partial charge in [0.2, 0.25) is 0 Å². The second kappa shape index (κ2) is 5.70. The van der Waals surface area contributed by atoms with E-state index in [1.54, 1.807) is 0 Å². The second-order valence-electron chi connectivity index (χ2n) is 4.93. The van der Waals surface area contributed by atoms with E-state index in [0.717, 1.165) is 16.7 Å². The Morgan fingerprint density at radius 2 is 1.53 bits per heavy atom. The highest BCUT2D eigenvalue weighted by atomic mass is 16.4. The van der Waals surface area contributed by atoms with Crippen molar-refractivity contribution in [3.05, 3.63) is 71.3 Å². The Hall–Kier alpha value is -2.09. The molecule has 0 aliphatic rings. The minimum Gasteiger partial charge on any atom is -0.481 e. The summed E-state index contributed by atoms with van der Waals surface area (Å²) in [5.74, 6) is -1.34. The fraction of sp³-hybridized carbons (Fsp3) is 0.235. The Balaban J connectivity index is 2.36. The summed E-state index contributed by atoms with van der Waals surface area (Å²) < 4.78 is 0. The van der Waals surface area contributed by atoms with Crippen LogP contribution in [0.2, 0.25) is 0 Å². The van der Waals surface area contributed by atoms with Crippen molar-refractivity contribution in [3.63, 3.8) is 0 Å². The van der Waals surface area contributed by atoms with Crippen molar-refractivity contribution in [2.45, 2.75) is 25.7 Å². The van der Waals surface area contributed by atoms with Gasteiger partial charge in [0.25, 0.3) is 0 Å². The van der Waals surface area contributed by atoms with E-state index in [4.69, 9.17) is 0 Å². The normalized spacial score (nSPS) is 13.8. The molecule has 0 spiro atoms. The number of aryl methyl sites for hydroxylation is 1. The summed E-state index contributed by atoms with van der Waals surface area (Å²) in [6.45, 7) is 3.97. The first-order valence-electron chi connectivity index (χ1n) is 6.44. The molecule has 2 atom stereocenters. The highest BCUT2D eigenvalue weighted by Gasteiger charge is 2.27. The summed E-state index contributed by atoms with van der Waals surface area (Å²) in [7, 11) is 0. The van der Waals surface area contributed by atoms with E-state index in [1.165, 1.54) is 0 Å². The fourth-order valence-electron chi connectivity index (χ4n) is 2.37. The lowest BCUT2D eigenvalue weighted by Crippen LogP contribution is -2.18. The van der Waals surface area contributed by atoms with E-state index in [9.17, 15) is 9.90 Å². The molecular formula is C17H18O2. The first-order chi connectivity index (χ1) is 9.09. The van der Waals surface area contributed by atoms with Gasteiger partial charge in [0, 0.05) is 0 Å². The van der Waals surface area contributed by atoms with Gasteiger partial charge in [-0.3, -0.25) is 4.79 Å². The van der Waals surface area contributed by atoms with Gasteiger partial charge in [-0.05, 0) is 24.0 Å². The smallest absolute Gasteiger partial charge is 0.311 e. The minimum atomic E-state index is -0.778.